The van der Waals surface area contributed by atoms with E-state index in [1.165, 1.54) is 0 Å². The van der Waals surface area contributed by atoms with Crippen molar-refractivity contribution in [3.8, 4) is 5.69 Å². The Kier molecular flexibility index (Phi) is 5.93. The maximum atomic E-state index is 12.0. The van der Waals surface area contributed by atoms with Crippen molar-refractivity contribution < 1.29 is 4.79 Å². The molecule has 1 aromatic carbocycles. The number of carbonyl (C=O) groups is 1. The Hall–Kier alpha value is -2.14. The summed E-state index contributed by atoms with van der Waals surface area (Å²) in [4.78, 5) is 12.0. The lowest BCUT2D eigenvalue weighted by Crippen LogP contribution is -2.49. The Balaban J connectivity index is 1.82. The number of aromatic nitrogens is 2. The van der Waals surface area contributed by atoms with Crippen LogP contribution in [0.5, 0.6) is 0 Å². The van der Waals surface area contributed by atoms with Gasteiger partial charge in [0.25, 0.3) is 0 Å². The molecule has 1 amide bonds. The molecule has 0 aliphatic rings. The minimum absolute atomic E-state index is 0.0363. The van der Waals surface area contributed by atoms with Crippen LogP contribution in [0.1, 0.15) is 38.7 Å². The third-order valence-electron chi connectivity index (χ3n) is 4.34. The van der Waals surface area contributed by atoms with Crippen LogP contribution in [0, 0.1) is 0 Å². The number of amides is 1. The molecule has 0 radical (unpaired) electrons. The highest BCUT2D eigenvalue weighted by Crippen LogP contribution is 2.11. The van der Waals surface area contributed by atoms with Crippen molar-refractivity contribution in [2.45, 2.75) is 45.1 Å². The smallest absolute Gasteiger partial charge is 0.220 e. The van der Waals surface area contributed by atoms with Crippen LogP contribution in [0.3, 0.4) is 0 Å². The topological polar surface area (TPSA) is 72.9 Å². The second kappa shape index (κ2) is 7.92. The highest BCUT2D eigenvalue weighted by Gasteiger charge is 2.20. The maximum absolute atomic E-state index is 12.0. The highest BCUT2D eigenvalue weighted by atomic mass is 16.1. The lowest BCUT2D eigenvalue weighted by atomic mass is 9.94. The van der Waals surface area contributed by atoms with E-state index in [0.717, 1.165) is 24.1 Å². The molecular formula is C18H26N4O. The molecule has 0 aliphatic carbocycles. The van der Waals surface area contributed by atoms with E-state index in [2.05, 4.69) is 10.4 Å². The average molecular weight is 314 g/mol. The number of hydrogen-bond acceptors (Lipinski definition) is 3. The lowest BCUT2D eigenvalue weighted by molar-refractivity contribution is -0.121. The molecule has 0 saturated heterocycles. The van der Waals surface area contributed by atoms with Gasteiger partial charge < -0.3 is 11.1 Å². The van der Waals surface area contributed by atoms with E-state index in [4.69, 9.17) is 5.73 Å². The van der Waals surface area contributed by atoms with Gasteiger partial charge in [0.15, 0.2) is 0 Å². The van der Waals surface area contributed by atoms with Gasteiger partial charge in [-0.1, -0.05) is 32.0 Å². The van der Waals surface area contributed by atoms with E-state index in [1.807, 2.05) is 61.3 Å². The van der Waals surface area contributed by atoms with Crippen LogP contribution in [0.4, 0.5) is 0 Å². The molecule has 0 fully saturated rings. The standard InChI is InChI=1S/C18H26N4O/c1-3-18(19,4-2)14-20-17(23)11-10-15-12-21-22(13-15)16-8-6-5-7-9-16/h5-9,12-13H,3-4,10-11,14,19H2,1-2H3,(H,20,23). The molecule has 3 N–H and O–H groups in total. The van der Waals surface area contributed by atoms with Crippen molar-refractivity contribution in [3.05, 3.63) is 48.3 Å². The number of nitrogens with zero attached hydrogens (tertiary/aromatic N) is 2. The molecule has 0 aliphatic heterocycles. The zero-order chi connectivity index (χ0) is 16.7. The van der Waals surface area contributed by atoms with Gasteiger partial charge >= 0.3 is 0 Å². The fraction of sp³-hybridized carbons (Fsp3) is 0.444. The molecule has 124 valence electrons. The Labute approximate surface area is 137 Å². The molecular weight excluding hydrogens is 288 g/mol. The normalized spacial score (nSPS) is 11.4. The summed E-state index contributed by atoms with van der Waals surface area (Å²) in [6.07, 6.45) is 6.61. The van der Waals surface area contributed by atoms with Crippen molar-refractivity contribution in [3.63, 3.8) is 0 Å². The number of rotatable bonds is 8. The van der Waals surface area contributed by atoms with Crippen LogP contribution >= 0.6 is 0 Å². The Bertz CT molecular complexity index is 617. The van der Waals surface area contributed by atoms with Gasteiger partial charge in [-0.2, -0.15) is 5.10 Å². The third kappa shape index (κ3) is 4.93. The van der Waals surface area contributed by atoms with Crippen molar-refractivity contribution in [1.29, 1.82) is 0 Å². The fourth-order valence-electron chi connectivity index (χ4n) is 2.33. The maximum Gasteiger partial charge on any atom is 0.220 e. The van der Waals surface area contributed by atoms with Crippen LogP contribution in [0.2, 0.25) is 0 Å². The van der Waals surface area contributed by atoms with E-state index in [9.17, 15) is 4.79 Å². The van der Waals surface area contributed by atoms with E-state index in [0.29, 0.717) is 19.4 Å². The van der Waals surface area contributed by atoms with Gasteiger partial charge in [0.2, 0.25) is 5.91 Å². The first-order valence-electron chi connectivity index (χ1n) is 8.21. The first kappa shape index (κ1) is 17.2. The second-order valence-corrected chi connectivity index (χ2v) is 5.97. The number of carbonyl (C=O) groups excluding carboxylic acids is 1. The molecule has 0 bridgehead atoms. The summed E-state index contributed by atoms with van der Waals surface area (Å²) in [5.41, 5.74) is 7.96. The number of nitrogens with two attached hydrogens (primary N) is 1. The molecule has 0 unspecified atom stereocenters. The largest absolute Gasteiger partial charge is 0.354 e. The predicted molar refractivity (Wildman–Crippen MR) is 92.4 cm³/mol. The molecule has 1 heterocycles. The Morgan fingerprint density at radius 2 is 1.96 bits per heavy atom. The van der Waals surface area contributed by atoms with Gasteiger partial charge in [-0.3, -0.25) is 4.79 Å². The van der Waals surface area contributed by atoms with E-state index in [1.54, 1.807) is 0 Å². The predicted octanol–water partition coefficient (Wildman–Crippen LogP) is 2.44. The van der Waals surface area contributed by atoms with Crippen molar-refractivity contribution >= 4 is 5.91 Å². The summed E-state index contributed by atoms with van der Waals surface area (Å²) in [6.45, 7) is 4.63. The molecule has 2 rings (SSSR count). The van der Waals surface area contributed by atoms with Crippen molar-refractivity contribution in [2.24, 2.45) is 5.73 Å². The van der Waals surface area contributed by atoms with Gasteiger partial charge in [-0.15, -0.1) is 0 Å². The van der Waals surface area contributed by atoms with Gasteiger partial charge in [-0.25, -0.2) is 4.68 Å². The zero-order valence-corrected chi connectivity index (χ0v) is 14.0. The third-order valence-corrected chi connectivity index (χ3v) is 4.34. The summed E-state index contributed by atoms with van der Waals surface area (Å²) in [5.74, 6) is 0.0363. The monoisotopic (exact) mass is 314 g/mol. The SMILES string of the molecule is CCC(N)(CC)CNC(=O)CCc1cnn(-c2ccccc2)c1. The van der Waals surface area contributed by atoms with Crippen LogP contribution in [0.25, 0.3) is 5.69 Å². The van der Waals surface area contributed by atoms with Crippen molar-refractivity contribution in [1.82, 2.24) is 15.1 Å². The second-order valence-electron chi connectivity index (χ2n) is 5.97. The molecule has 23 heavy (non-hydrogen) atoms. The molecule has 1 aromatic heterocycles. The van der Waals surface area contributed by atoms with Gasteiger partial charge in [0, 0.05) is 24.7 Å². The number of hydrogen-bond donors (Lipinski definition) is 2. The van der Waals surface area contributed by atoms with Crippen molar-refractivity contribution in [2.75, 3.05) is 6.54 Å². The van der Waals surface area contributed by atoms with Crippen LogP contribution in [0.15, 0.2) is 42.7 Å². The minimum Gasteiger partial charge on any atom is -0.354 e. The van der Waals surface area contributed by atoms with Crippen LogP contribution in [-0.2, 0) is 11.2 Å². The fourth-order valence-corrected chi connectivity index (χ4v) is 2.33. The van der Waals surface area contributed by atoms with Gasteiger partial charge in [-0.05, 0) is 37.0 Å². The Morgan fingerprint density at radius 3 is 2.61 bits per heavy atom. The highest BCUT2D eigenvalue weighted by molar-refractivity contribution is 5.76. The zero-order valence-electron chi connectivity index (χ0n) is 14.0. The first-order chi connectivity index (χ1) is 11.1. The van der Waals surface area contributed by atoms with E-state index >= 15 is 0 Å². The first-order valence-corrected chi connectivity index (χ1v) is 8.21. The lowest BCUT2D eigenvalue weighted by Gasteiger charge is -2.26. The summed E-state index contributed by atoms with van der Waals surface area (Å²) in [6, 6.07) is 9.93. The summed E-state index contributed by atoms with van der Waals surface area (Å²) < 4.78 is 1.83. The van der Waals surface area contributed by atoms with Crippen LogP contribution in [-0.4, -0.2) is 27.8 Å². The summed E-state index contributed by atoms with van der Waals surface area (Å²) >= 11 is 0. The molecule has 0 atom stereocenters. The van der Waals surface area contributed by atoms with E-state index < -0.39 is 0 Å². The van der Waals surface area contributed by atoms with E-state index in [-0.39, 0.29) is 11.4 Å². The van der Waals surface area contributed by atoms with Gasteiger partial charge in [0.05, 0.1) is 11.9 Å². The summed E-state index contributed by atoms with van der Waals surface area (Å²) in [5, 5.41) is 7.28. The molecule has 0 spiro atoms. The van der Waals surface area contributed by atoms with Crippen LogP contribution < -0.4 is 11.1 Å². The minimum atomic E-state index is -0.298. The van der Waals surface area contributed by atoms with Gasteiger partial charge in [0.1, 0.15) is 0 Å². The quantitative estimate of drug-likeness (QED) is 0.786. The number of benzene rings is 1. The molecule has 2 aromatic rings. The number of nitrogens with one attached hydrogen (secondary N) is 1. The molecule has 5 nitrogen and oxygen atoms in total. The number of aryl methyl sites for hydroxylation is 1. The number of para-hydroxylation sites is 1. The average Bonchev–Trinajstić information content (AvgIpc) is 3.07. The molecule has 0 saturated carbocycles. The molecule has 5 heteroatoms. The summed E-state index contributed by atoms with van der Waals surface area (Å²) in [7, 11) is 0. The Morgan fingerprint density at radius 1 is 1.26 bits per heavy atom.